The maximum Gasteiger partial charge on any atom is 0.425 e. The number of rotatable bonds is 7. The Hall–Kier alpha value is -3.07. The number of imide groups is 1. The molecule has 160 valence electrons. The third kappa shape index (κ3) is 3.97. The summed E-state index contributed by atoms with van der Waals surface area (Å²) < 4.78 is 47.4. The average molecular weight is 421 g/mol. The quantitative estimate of drug-likeness (QED) is 0.696. The second-order valence-electron chi connectivity index (χ2n) is 7.01. The van der Waals surface area contributed by atoms with Crippen molar-refractivity contribution in [1.82, 2.24) is 15.1 Å². The molecule has 1 saturated heterocycles. The lowest BCUT2D eigenvalue weighted by molar-refractivity contribution is -0.198. The summed E-state index contributed by atoms with van der Waals surface area (Å²) in [6.07, 6.45) is -5.00. The van der Waals surface area contributed by atoms with Crippen LogP contribution in [0.1, 0.15) is 18.1 Å². The molecule has 3 amide bonds. The van der Waals surface area contributed by atoms with Crippen LogP contribution in [0.4, 0.5) is 18.0 Å². The van der Waals surface area contributed by atoms with Crippen LogP contribution in [0.25, 0.3) is 0 Å². The number of carbonyl (C=O) groups is 2. The minimum atomic E-state index is -5.00. The van der Waals surface area contributed by atoms with Gasteiger partial charge in [-0.15, -0.1) is 0 Å². The van der Waals surface area contributed by atoms with Gasteiger partial charge in [-0.1, -0.05) is 42.5 Å². The first-order chi connectivity index (χ1) is 14.2. The summed E-state index contributed by atoms with van der Waals surface area (Å²) in [5.41, 5.74) is -2.56. The van der Waals surface area contributed by atoms with Gasteiger partial charge in [0, 0.05) is 6.54 Å². The van der Waals surface area contributed by atoms with Crippen molar-refractivity contribution in [2.75, 3.05) is 20.3 Å². The number of benzene rings is 2. The van der Waals surface area contributed by atoms with E-state index in [2.05, 4.69) is 0 Å². The van der Waals surface area contributed by atoms with E-state index in [9.17, 15) is 22.8 Å². The third-order valence-corrected chi connectivity index (χ3v) is 4.81. The summed E-state index contributed by atoms with van der Waals surface area (Å²) in [7, 11) is 1.62. The number of alkyl halides is 3. The lowest BCUT2D eigenvalue weighted by Gasteiger charge is -2.30. The van der Waals surface area contributed by atoms with Crippen LogP contribution in [0, 0.1) is 0 Å². The van der Waals surface area contributed by atoms with Crippen molar-refractivity contribution in [2.45, 2.75) is 25.2 Å². The Balaban J connectivity index is 1.78. The SMILES string of the molecule is CCOc1ccc(CN(C)CN2C(=O)NC(c3ccccc3)(C(F)(F)F)C2=O)cc1. The molecular formula is C21H22F3N3O3. The van der Waals surface area contributed by atoms with Crippen molar-refractivity contribution in [2.24, 2.45) is 0 Å². The van der Waals surface area contributed by atoms with Gasteiger partial charge in [0.25, 0.3) is 5.91 Å². The number of halogens is 3. The van der Waals surface area contributed by atoms with E-state index in [1.807, 2.05) is 24.4 Å². The van der Waals surface area contributed by atoms with Gasteiger partial charge in [0.2, 0.25) is 5.54 Å². The number of hydrogen-bond donors (Lipinski definition) is 1. The van der Waals surface area contributed by atoms with Gasteiger partial charge >= 0.3 is 12.2 Å². The Morgan fingerprint density at radius 3 is 2.27 bits per heavy atom. The molecule has 0 aromatic heterocycles. The first-order valence-corrected chi connectivity index (χ1v) is 9.35. The molecule has 1 unspecified atom stereocenters. The maximum absolute atomic E-state index is 14.0. The molecule has 1 fully saturated rings. The highest BCUT2D eigenvalue weighted by atomic mass is 19.4. The molecule has 0 radical (unpaired) electrons. The molecule has 9 heteroatoms. The van der Waals surface area contributed by atoms with Crippen LogP contribution in [0.5, 0.6) is 5.75 Å². The Kier molecular flexibility index (Phi) is 6.02. The number of amides is 3. The molecule has 1 atom stereocenters. The van der Waals surface area contributed by atoms with Crippen LogP contribution in [0.3, 0.4) is 0 Å². The Labute approximate surface area is 172 Å². The predicted molar refractivity (Wildman–Crippen MR) is 103 cm³/mol. The molecule has 1 aliphatic heterocycles. The maximum atomic E-state index is 14.0. The standard InChI is InChI=1S/C21H22F3N3O3/c1-3-30-17-11-9-15(10-12-17)13-26(2)14-27-18(28)20(21(22,23)24,25-19(27)29)16-7-5-4-6-8-16/h4-12H,3,13-14H2,1-2H3,(H,25,29). The number of urea groups is 1. The fourth-order valence-electron chi connectivity index (χ4n) is 3.40. The summed E-state index contributed by atoms with van der Waals surface area (Å²) in [4.78, 5) is 27.4. The largest absolute Gasteiger partial charge is 0.494 e. The lowest BCUT2D eigenvalue weighted by atomic mass is 9.89. The molecule has 1 N–H and O–H groups in total. The first kappa shape index (κ1) is 21.6. The first-order valence-electron chi connectivity index (χ1n) is 9.35. The monoisotopic (exact) mass is 421 g/mol. The van der Waals surface area contributed by atoms with Crippen molar-refractivity contribution >= 4 is 11.9 Å². The summed E-state index contributed by atoms with van der Waals surface area (Å²) in [6, 6.07) is 12.8. The zero-order chi connectivity index (χ0) is 21.9. The zero-order valence-corrected chi connectivity index (χ0v) is 16.6. The van der Waals surface area contributed by atoms with E-state index < -0.39 is 23.7 Å². The highest BCUT2D eigenvalue weighted by Gasteiger charge is 2.68. The molecule has 2 aromatic rings. The van der Waals surface area contributed by atoms with E-state index in [0.717, 1.165) is 5.56 Å². The fraction of sp³-hybridized carbons (Fsp3) is 0.333. The van der Waals surface area contributed by atoms with Crippen molar-refractivity contribution in [3.8, 4) is 5.75 Å². The summed E-state index contributed by atoms with van der Waals surface area (Å²) in [5.74, 6) is -0.638. The smallest absolute Gasteiger partial charge is 0.425 e. The van der Waals surface area contributed by atoms with Gasteiger partial charge in [-0.05, 0) is 37.2 Å². The van der Waals surface area contributed by atoms with Crippen molar-refractivity contribution in [1.29, 1.82) is 0 Å². The van der Waals surface area contributed by atoms with Gasteiger partial charge < -0.3 is 10.1 Å². The second kappa shape index (κ2) is 8.35. The third-order valence-electron chi connectivity index (χ3n) is 4.81. The van der Waals surface area contributed by atoms with Gasteiger partial charge in [-0.2, -0.15) is 13.2 Å². The summed E-state index contributed by atoms with van der Waals surface area (Å²) in [5, 5.41) is 1.88. The molecular weight excluding hydrogens is 399 g/mol. The van der Waals surface area contributed by atoms with Crippen LogP contribution in [-0.4, -0.2) is 48.2 Å². The zero-order valence-electron chi connectivity index (χ0n) is 16.6. The van der Waals surface area contributed by atoms with Crippen LogP contribution in [0.2, 0.25) is 0 Å². The van der Waals surface area contributed by atoms with Crippen molar-refractivity contribution in [3.05, 3.63) is 65.7 Å². The molecule has 6 nitrogen and oxygen atoms in total. The van der Waals surface area contributed by atoms with Gasteiger partial charge in [0.05, 0.1) is 13.3 Å². The van der Waals surface area contributed by atoms with Crippen molar-refractivity contribution in [3.63, 3.8) is 0 Å². The lowest BCUT2D eigenvalue weighted by Crippen LogP contribution is -2.56. The molecule has 0 bridgehead atoms. The van der Waals surface area contributed by atoms with Crippen molar-refractivity contribution < 1.29 is 27.5 Å². The fourth-order valence-corrected chi connectivity index (χ4v) is 3.40. The molecule has 0 saturated carbocycles. The number of nitrogens with zero attached hydrogens (tertiary/aromatic N) is 2. The minimum absolute atomic E-state index is 0.289. The molecule has 1 aliphatic rings. The van der Waals surface area contributed by atoms with E-state index in [1.165, 1.54) is 30.3 Å². The number of nitrogens with one attached hydrogen (secondary N) is 1. The van der Waals surface area contributed by atoms with Crippen LogP contribution < -0.4 is 10.1 Å². The van der Waals surface area contributed by atoms with Gasteiger partial charge in [0.15, 0.2) is 0 Å². The van der Waals surface area contributed by atoms with Gasteiger partial charge in [-0.25, -0.2) is 9.69 Å². The van der Waals surface area contributed by atoms with Crippen LogP contribution >= 0.6 is 0 Å². The Morgan fingerprint density at radius 2 is 1.70 bits per heavy atom. The average Bonchev–Trinajstić information content (AvgIpc) is 2.96. The van der Waals surface area contributed by atoms with Crippen LogP contribution in [-0.2, 0) is 16.9 Å². The molecule has 1 heterocycles. The molecule has 0 spiro atoms. The number of ether oxygens (including phenoxy) is 1. The summed E-state index contributed by atoms with van der Waals surface area (Å²) >= 11 is 0. The molecule has 2 aromatic carbocycles. The van der Waals surface area contributed by atoms with Gasteiger partial charge in [-0.3, -0.25) is 9.69 Å². The second-order valence-corrected chi connectivity index (χ2v) is 7.01. The van der Waals surface area contributed by atoms with Gasteiger partial charge in [0.1, 0.15) is 5.75 Å². The van der Waals surface area contributed by atoms with Crippen LogP contribution in [0.15, 0.2) is 54.6 Å². The Bertz CT molecular complexity index is 903. The summed E-state index contributed by atoms with van der Waals surface area (Å²) in [6.45, 7) is 2.44. The van der Waals surface area contributed by atoms with E-state index in [1.54, 1.807) is 24.1 Å². The molecule has 3 rings (SSSR count). The highest BCUT2D eigenvalue weighted by Crippen LogP contribution is 2.43. The van der Waals surface area contributed by atoms with E-state index in [-0.39, 0.29) is 12.2 Å². The normalized spacial score (nSPS) is 19.3. The number of hydrogen-bond acceptors (Lipinski definition) is 4. The number of carbonyl (C=O) groups excluding carboxylic acids is 2. The van der Waals surface area contributed by atoms with E-state index >= 15 is 0 Å². The molecule has 0 aliphatic carbocycles. The Morgan fingerprint density at radius 1 is 1.07 bits per heavy atom. The minimum Gasteiger partial charge on any atom is -0.494 e. The van der Waals surface area contributed by atoms with E-state index in [0.29, 0.717) is 23.8 Å². The molecule has 30 heavy (non-hydrogen) atoms. The predicted octanol–water partition coefficient (Wildman–Crippen LogP) is 3.48. The topological polar surface area (TPSA) is 61.9 Å². The highest BCUT2D eigenvalue weighted by molar-refractivity contribution is 6.08. The van der Waals surface area contributed by atoms with E-state index in [4.69, 9.17) is 4.74 Å².